The average Bonchev–Trinajstić information content (AvgIpc) is 2.33. The molecule has 0 aliphatic heterocycles. The summed E-state index contributed by atoms with van der Waals surface area (Å²) < 4.78 is 41.7. The van der Waals surface area contributed by atoms with Gasteiger partial charge in [-0.05, 0) is 18.2 Å². The lowest BCUT2D eigenvalue weighted by Gasteiger charge is -2.19. The van der Waals surface area contributed by atoms with Crippen molar-refractivity contribution in [1.29, 1.82) is 0 Å². The van der Waals surface area contributed by atoms with Crippen molar-refractivity contribution in [3.8, 4) is 0 Å². The van der Waals surface area contributed by atoms with Crippen LogP contribution in [0.25, 0.3) is 0 Å². The largest absolute Gasteiger partial charge is 0.467 e. The monoisotopic (exact) mass is 295 g/mol. The van der Waals surface area contributed by atoms with E-state index in [1.807, 2.05) is 0 Å². The van der Waals surface area contributed by atoms with Gasteiger partial charge in [-0.2, -0.15) is 13.2 Å². The zero-order valence-electron chi connectivity index (χ0n) is 9.62. The highest BCUT2D eigenvalue weighted by Gasteiger charge is 2.47. The van der Waals surface area contributed by atoms with E-state index < -0.39 is 24.1 Å². The number of hydrogen-bond donors (Lipinski definition) is 1. The van der Waals surface area contributed by atoms with Gasteiger partial charge in [0.1, 0.15) is 0 Å². The Bertz CT molecular complexity index is 490. The molecule has 0 radical (unpaired) electrons. The molecule has 0 heterocycles. The van der Waals surface area contributed by atoms with Crippen molar-refractivity contribution in [1.82, 2.24) is 5.32 Å². The normalized spacial score (nSPS) is 12.7. The van der Waals surface area contributed by atoms with Crippen LogP contribution in [-0.2, 0) is 9.53 Å². The summed E-state index contributed by atoms with van der Waals surface area (Å²) in [4.78, 5) is 22.6. The number of hydrogen-bond acceptors (Lipinski definition) is 3. The van der Waals surface area contributed by atoms with Crippen molar-refractivity contribution < 1.29 is 27.5 Å². The van der Waals surface area contributed by atoms with Crippen molar-refractivity contribution in [3.63, 3.8) is 0 Å². The molecule has 1 unspecified atom stereocenters. The zero-order chi connectivity index (χ0) is 14.6. The molecule has 0 aliphatic carbocycles. The highest BCUT2D eigenvalue weighted by molar-refractivity contribution is 6.30. The highest BCUT2D eigenvalue weighted by Crippen LogP contribution is 2.21. The quantitative estimate of drug-likeness (QED) is 0.870. The number of nitrogens with one attached hydrogen (secondary N) is 1. The summed E-state index contributed by atoms with van der Waals surface area (Å²) in [6, 6.07) is 2.59. The van der Waals surface area contributed by atoms with Gasteiger partial charge in [-0.1, -0.05) is 17.7 Å². The van der Waals surface area contributed by atoms with Crippen LogP contribution in [0, 0.1) is 0 Å². The smallest absolute Gasteiger partial charge is 0.419 e. The molecule has 0 saturated heterocycles. The fourth-order valence-corrected chi connectivity index (χ4v) is 1.43. The first-order chi connectivity index (χ1) is 8.75. The summed E-state index contributed by atoms with van der Waals surface area (Å²) in [6.45, 7) is 0. The third kappa shape index (κ3) is 4.13. The summed E-state index contributed by atoms with van der Waals surface area (Å²) in [5.41, 5.74) is -0.0920. The van der Waals surface area contributed by atoms with Crippen LogP contribution in [0.1, 0.15) is 10.4 Å². The van der Waals surface area contributed by atoms with Crippen molar-refractivity contribution >= 4 is 23.5 Å². The van der Waals surface area contributed by atoms with Gasteiger partial charge >= 0.3 is 12.1 Å². The predicted octanol–water partition coefficient (Wildman–Crippen LogP) is 2.17. The van der Waals surface area contributed by atoms with E-state index >= 15 is 0 Å². The van der Waals surface area contributed by atoms with E-state index in [0.717, 1.165) is 7.11 Å². The standard InChI is InChI=1S/C11H9ClF3NO3/c1-19-10(18)8(11(13,14)15)16-9(17)6-3-2-4-7(12)5-6/h2-5,8H,1H3,(H,16,17). The molecule has 1 atom stereocenters. The average molecular weight is 296 g/mol. The minimum atomic E-state index is -4.94. The van der Waals surface area contributed by atoms with Crippen molar-refractivity contribution in [2.75, 3.05) is 7.11 Å². The van der Waals surface area contributed by atoms with E-state index in [9.17, 15) is 22.8 Å². The Morgan fingerprint density at radius 3 is 2.47 bits per heavy atom. The zero-order valence-corrected chi connectivity index (χ0v) is 10.4. The summed E-state index contributed by atoms with van der Waals surface area (Å²) >= 11 is 5.61. The van der Waals surface area contributed by atoms with Gasteiger partial charge in [0.05, 0.1) is 7.11 Å². The maximum atomic E-state index is 12.6. The van der Waals surface area contributed by atoms with Crippen LogP contribution in [0.5, 0.6) is 0 Å². The first-order valence-electron chi connectivity index (χ1n) is 4.96. The van der Waals surface area contributed by atoms with Crippen LogP contribution < -0.4 is 5.32 Å². The third-order valence-corrected chi connectivity index (χ3v) is 2.36. The van der Waals surface area contributed by atoms with Crippen LogP contribution >= 0.6 is 11.6 Å². The molecular formula is C11H9ClF3NO3. The molecular weight excluding hydrogens is 287 g/mol. The second kappa shape index (κ2) is 5.92. The molecule has 1 amide bonds. The molecule has 1 N–H and O–H groups in total. The number of alkyl halides is 3. The van der Waals surface area contributed by atoms with E-state index in [0.29, 0.717) is 0 Å². The summed E-state index contributed by atoms with van der Waals surface area (Å²) in [6.07, 6.45) is -4.94. The summed E-state index contributed by atoms with van der Waals surface area (Å²) in [5, 5.41) is 1.74. The summed E-state index contributed by atoms with van der Waals surface area (Å²) in [7, 11) is 0.798. The van der Waals surface area contributed by atoms with E-state index in [1.165, 1.54) is 24.3 Å². The second-order valence-electron chi connectivity index (χ2n) is 3.48. The molecule has 1 aromatic carbocycles. The Hall–Kier alpha value is -1.76. The van der Waals surface area contributed by atoms with Gasteiger partial charge in [0.25, 0.3) is 5.91 Å². The lowest BCUT2D eigenvalue weighted by Crippen LogP contribution is -2.51. The Morgan fingerprint density at radius 2 is 2.00 bits per heavy atom. The van der Waals surface area contributed by atoms with Crippen LogP contribution in [0.4, 0.5) is 13.2 Å². The molecule has 1 aromatic rings. The molecule has 0 aliphatic rings. The van der Waals surface area contributed by atoms with Crippen molar-refractivity contribution in [2.24, 2.45) is 0 Å². The molecule has 4 nitrogen and oxygen atoms in total. The Morgan fingerprint density at radius 1 is 1.37 bits per heavy atom. The number of amides is 1. The van der Waals surface area contributed by atoms with Gasteiger partial charge in [0, 0.05) is 10.6 Å². The van der Waals surface area contributed by atoms with Gasteiger partial charge in [-0.15, -0.1) is 0 Å². The third-order valence-electron chi connectivity index (χ3n) is 2.13. The first-order valence-corrected chi connectivity index (χ1v) is 5.34. The van der Waals surface area contributed by atoms with E-state index in [-0.39, 0.29) is 10.6 Å². The number of methoxy groups -OCH3 is 1. The maximum absolute atomic E-state index is 12.6. The molecule has 8 heteroatoms. The minimum Gasteiger partial charge on any atom is -0.467 e. The van der Waals surface area contributed by atoms with Gasteiger partial charge in [0.2, 0.25) is 6.04 Å². The lowest BCUT2D eigenvalue weighted by molar-refractivity contribution is -0.180. The van der Waals surface area contributed by atoms with Gasteiger partial charge < -0.3 is 10.1 Å². The topological polar surface area (TPSA) is 55.4 Å². The summed E-state index contributed by atoms with van der Waals surface area (Å²) in [5.74, 6) is -2.67. The van der Waals surface area contributed by atoms with Crippen LogP contribution in [-0.4, -0.2) is 31.2 Å². The Labute approximate surface area is 111 Å². The Kier molecular flexibility index (Phi) is 4.77. The first kappa shape index (κ1) is 15.3. The number of carbonyl (C=O) groups is 2. The maximum Gasteiger partial charge on any atom is 0.419 e. The van der Waals surface area contributed by atoms with Crippen LogP contribution in [0.2, 0.25) is 5.02 Å². The van der Waals surface area contributed by atoms with Crippen LogP contribution in [0.3, 0.4) is 0 Å². The molecule has 0 bridgehead atoms. The molecule has 104 valence electrons. The van der Waals surface area contributed by atoms with Gasteiger partial charge in [-0.3, -0.25) is 4.79 Å². The fraction of sp³-hybridized carbons (Fsp3) is 0.273. The van der Waals surface area contributed by atoms with Crippen molar-refractivity contribution in [3.05, 3.63) is 34.9 Å². The van der Waals surface area contributed by atoms with Gasteiger partial charge in [-0.25, -0.2) is 4.79 Å². The Balaban J connectivity index is 2.91. The second-order valence-corrected chi connectivity index (χ2v) is 3.92. The number of benzene rings is 1. The van der Waals surface area contributed by atoms with Crippen LogP contribution in [0.15, 0.2) is 24.3 Å². The molecule has 0 spiro atoms. The number of rotatable bonds is 3. The van der Waals surface area contributed by atoms with E-state index in [2.05, 4.69) is 4.74 Å². The predicted molar refractivity (Wildman–Crippen MR) is 60.8 cm³/mol. The molecule has 19 heavy (non-hydrogen) atoms. The van der Waals surface area contributed by atoms with Crippen molar-refractivity contribution in [2.45, 2.75) is 12.2 Å². The lowest BCUT2D eigenvalue weighted by atomic mass is 10.2. The molecule has 0 saturated carbocycles. The fourth-order valence-electron chi connectivity index (χ4n) is 1.24. The number of esters is 1. The van der Waals surface area contributed by atoms with Gasteiger partial charge in [0.15, 0.2) is 0 Å². The molecule has 1 rings (SSSR count). The number of halogens is 4. The minimum absolute atomic E-state index is 0.0920. The number of ether oxygens (including phenoxy) is 1. The number of carbonyl (C=O) groups excluding carboxylic acids is 2. The molecule has 0 aromatic heterocycles. The van der Waals surface area contributed by atoms with E-state index in [1.54, 1.807) is 5.32 Å². The molecule has 0 fully saturated rings. The SMILES string of the molecule is COC(=O)C(NC(=O)c1cccc(Cl)c1)C(F)(F)F. The van der Waals surface area contributed by atoms with E-state index in [4.69, 9.17) is 11.6 Å². The highest BCUT2D eigenvalue weighted by atomic mass is 35.5.